The molecule has 1 aliphatic heterocycles. The summed E-state index contributed by atoms with van der Waals surface area (Å²) in [4.78, 5) is 16.6. The van der Waals surface area contributed by atoms with E-state index in [2.05, 4.69) is 0 Å². The first kappa shape index (κ1) is 14.8. The average molecular weight is 327 g/mol. The summed E-state index contributed by atoms with van der Waals surface area (Å²) in [6.45, 7) is 2.37. The minimum absolute atomic E-state index is 0.0166. The maximum absolute atomic E-state index is 13.9. The largest absolute Gasteiger partial charge is 0.463 e. The van der Waals surface area contributed by atoms with E-state index in [-0.39, 0.29) is 11.7 Å². The molecule has 0 radical (unpaired) electrons. The van der Waals surface area contributed by atoms with Crippen LogP contribution in [-0.2, 0) is 7.05 Å². The Hall–Kier alpha value is -2.76. The number of piperazine rings is 1. The number of anilines is 1. The summed E-state index contributed by atoms with van der Waals surface area (Å²) in [5.41, 5.74) is 2.83. The third kappa shape index (κ3) is 2.35. The van der Waals surface area contributed by atoms with Crippen molar-refractivity contribution in [3.05, 3.63) is 54.2 Å². The number of benzene rings is 1. The molecule has 24 heavy (non-hydrogen) atoms. The first-order chi connectivity index (χ1) is 11.6. The van der Waals surface area contributed by atoms with E-state index < -0.39 is 0 Å². The Morgan fingerprint density at radius 2 is 1.88 bits per heavy atom. The second kappa shape index (κ2) is 5.70. The van der Waals surface area contributed by atoms with Gasteiger partial charge in [-0.2, -0.15) is 0 Å². The molecule has 0 N–H and O–H groups in total. The Morgan fingerprint density at radius 1 is 1.12 bits per heavy atom. The Kier molecular flexibility index (Phi) is 3.52. The van der Waals surface area contributed by atoms with Gasteiger partial charge in [0.05, 0.1) is 17.5 Å². The van der Waals surface area contributed by atoms with Crippen LogP contribution >= 0.6 is 0 Å². The number of halogens is 1. The molecule has 0 unspecified atom stereocenters. The fraction of sp³-hybridized carbons (Fsp3) is 0.278. The molecule has 0 spiro atoms. The van der Waals surface area contributed by atoms with Crippen LogP contribution in [0.5, 0.6) is 0 Å². The third-order valence-electron chi connectivity index (χ3n) is 4.64. The first-order valence-electron chi connectivity index (χ1n) is 7.97. The van der Waals surface area contributed by atoms with Crippen molar-refractivity contribution < 1.29 is 13.6 Å². The van der Waals surface area contributed by atoms with Gasteiger partial charge in [-0.05, 0) is 12.1 Å². The summed E-state index contributed by atoms with van der Waals surface area (Å²) in [5.74, 6) is -0.239. The molecule has 1 fully saturated rings. The summed E-state index contributed by atoms with van der Waals surface area (Å²) in [6, 6.07) is 10.4. The number of furan rings is 1. The predicted molar refractivity (Wildman–Crippen MR) is 89.7 cm³/mol. The van der Waals surface area contributed by atoms with Crippen molar-refractivity contribution in [3.8, 4) is 0 Å². The van der Waals surface area contributed by atoms with Crippen molar-refractivity contribution in [1.82, 2.24) is 9.47 Å². The van der Waals surface area contributed by atoms with Gasteiger partial charge < -0.3 is 18.8 Å². The van der Waals surface area contributed by atoms with Gasteiger partial charge in [-0.3, -0.25) is 4.79 Å². The lowest BCUT2D eigenvalue weighted by molar-refractivity contribution is 0.0737. The SMILES string of the molecule is Cn1c(C(=O)N2CCN(c3ccccc3F)CC2)cc2occc21. The molecule has 2 aromatic heterocycles. The van der Waals surface area contributed by atoms with E-state index in [0.717, 1.165) is 5.52 Å². The molecular formula is C18H18FN3O2. The zero-order valence-corrected chi connectivity index (χ0v) is 13.4. The molecule has 1 amide bonds. The number of para-hydroxylation sites is 1. The Morgan fingerprint density at radius 3 is 2.58 bits per heavy atom. The van der Waals surface area contributed by atoms with Gasteiger partial charge >= 0.3 is 0 Å². The number of hydrogen-bond donors (Lipinski definition) is 0. The lowest BCUT2D eigenvalue weighted by atomic mass is 10.2. The topological polar surface area (TPSA) is 41.6 Å². The van der Waals surface area contributed by atoms with Gasteiger partial charge in [0, 0.05) is 45.4 Å². The van der Waals surface area contributed by atoms with E-state index in [1.54, 1.807) is 24.5 Å². The summed E-state index contributed by atoms with van der Waals surface area (Å²) in [5, 5.41) is 0. The van der Waals surface area contributed by atoms with Crippen molar-refractivity contribution in [3.63, 3.8) is 0 Å². The predicted octanol–water partition coefficient (Wildman–Crippen LogP) is 2.87. The van der Waals surface area contributed by atoms with Crippen molar-refractivity contribution in [2.45, 2.75) is 0 Å². The molecule has 1 saturated heterocycles. The van der Waals surface area contributed by atoms with Crippen LogP contribution in [0.3, 0.4) is 0 Å². The summed E-state index contributed by atoms with van der Waals surface area (Å²) in [6.07, 6.45) is 1.62. The maximum atomic E-state index is 13.9. The van der Waals surface area contributed by atoms with Gasteiger partial charge in [-0.25, -0.2) is 4.39 Å². The highest BCUT2D eigenvalue weighted by Gasteiger charge is 2.26. The summed E-state index contributed by atoms with van der Waals surface area (Å²) >= 11 is 0. The third-order valence-corrected chi connectivity index (χ3v) is 4.64. The van der Waals surface area contributed by atoms with Crippen LogP contribution in [0.4, 0.5) is 10.1 Å². The lowest BCUT2D eigenvalue weighted by Gasteiger charge is -2.36. The number of carbonyl (C=O) groups is 1. The number of aromatic nitrogens is 1. The molecule has 0 saturated carbocycles. The highest BCUT2D eigenvalue weighted by Crippen LogP contribution is 2.23. The van der Waals surface area contributed by atoms with Gasteiger partial charge in [0.15, 0.2) is 5.58 Å². The van der Waals surface area contributed by atoms with Crippen LogP contribution in [0.1, 0.15) is 10.5 Å². The Bertz CT molecular complexity index is 891. The van der Waals surface area contributed by atoms with Crippen LogP contribution in [0.25, 0.3) is 11.1 Å². The normalized spacial score (nSPS) is 15.2. The number of aryl methyl sites for hydroxylation is 1. The Labute approximate surface area is 138 Å². The number of fused-ring (bicyclic) bond motifs is 1. The smallest absolute Gasteiger partial charge is 0.270 e. The van der Waals surface area contributed by atoms with Crippen LogP contribution in [-0.4, -0.2) is 41.6 Å². The fourth-order valence-electron chi connectivity index (χ4n) is 3.28. The van der Waals surface area contributed by atoms with E-state index in [9.17, 15) is 9.18 Å². The summed E-state index contributed by atoms with van der Waals surface area (Å²) in [7, 11) is 1.86. The zero-order chi connectivity index (χ0) is 16.7. The zero-order valence-electron chi connectivity index (χ0n) is 13.4. The minimum atomic E-state index is -0.222. The average Bonchev–Trinajstić information content (AvgIpc) is 3.18. The van der Waals surface area contributed by atoms with Gasteiger partial charge in [0.2, 0.25) is 0 Å². The van der Waals surface area contributed by atoms with E-state index >= 15 is 0 Å². The quantitative estimate of drug-likeness (QED) is 0.727. The molecule has 0 atom stereocenters. The van der Waals surface area contributed by atoms with Crippen LogP contribution < -0.4 is 4.90 Å². The van der Waals surface area contributed by atoms with Crippen molar-refractivity contribution in [1.29, 1.82) is 0 Å². The Balaban J connectivity index is 1.49. The number of nitrogens with zero attached hydrogens (tertiary/aromatic N) is 3. The van der Waals surface area contributed by atoms with E-state index in [0.29, 0.717) is 43.1 Å². The molecule has 4 rings (SSSR count). The molecule has 1 aliphatic rings. The molecular weight excluding hydrogens is 309 g/mol. The van der Waals surface area contributed by atoms with Gasteiger partial charge in [-0.1, -0.05) is 12.1 Å². The highest BCUT2D eigenvalue weighted by atomic mass is 19.1. The van der Waals surface area contributed by atoms with Crippen molar-refractivity contribution in [2.24, 2.45) is 7.05 Å². The molecule has 3 aromatic rings. The first-order valence-corrected chi connectivity index (χ1v) is 7.97. The van der Waals surface area contributed by atoms with Crippen molar-refractivity contribution in [2.75, 3.05) is 31.1 Å². The van der Waals surface area contributed by atoms with Crippen LogP contribution in [0.2, 0.25) is 0 Å². The van der Waals surface area contributed by atoms with Gasteiger partial charge in [0.25, 0.3) is 5.91 Å². The summed E-state index contributed by atoms with van der Waals surface area (Å²) < 4.78 is 21.1. The number of rotatable bonds is 2. The van der Waals surface area contributed by atoms with E-state index in [4.69, 9.17) is 4.42 Å². The fourth-order valence-corrected chi connectivity index (χ4v) is 3.28. The lowest BCUT2D eigenvalue weighted by Crippen LogP contribution is -2.49. The molecule has 0 aliphatic carbocycles. The van der Waals surface area contributed by atoms with E-state index in [1.165, 1.54) is 6.07 Å². The van der Waals surface area contributed by atoms with Gasteiger partial charge in [0.1, 0.15) is 11.5 Å². The highest BCUT2D eigenvalue weighted by molar-refractivity contribution is 5.97. The second-order valence-corrected chi connectivity index (χ2v) is 5.99. The molecule has 124 valence electrons. The monoisotopic (exact) mass is 327 g/mol. The molecule has 0 bridgehead atoms. The molecule has 3 heterocycles. The number of carbonyl (C=O) groups excluding carboxylic acids is 1. The molecule has 5 nitrogen and oxygen atoms in total. The number of hydrogen-bond acceptors (Lipinski definition) is 3. The standard InChI is InChI=1S/C18H18FN3O2/c1-20-15-6-11-24-17(15)12-16(20)18(23)22-9-7-21(8-10-22)14-5-3-2-4-13(14)19/h2-6,11-12H,7-10H2,1H3. The maximum Gasteiger partial charge on any atom is 0.270 e. The number of amides is 1. The molecule has 6 heteroatoms. The molecule has 1 aromatic carbocycles. The van der Waals surface area contributed by atoms with Crippen molar-refractivity contribution >= 4 is 22.7 Å². The van der Waals surface area contributed by atoms with Crippen LogP contribution in [0.15, 0.2) is 47.1 Å². The van der Waals surface area contributed by atoms with Crippen LogP contribution in [0, 0.1) is 5.82 Å². The second-order valence-electron chi connectivity index (χ2n) is 5.99. The minimum Gasteiger partial charge on any atom is -0.463 e. The van der Waals surface area contributed by atoms with E-state index in [1.807, 2.05) is 33.5 Å². The van der Waals surface area contributed by atoms with Gasteiger partial charge in [-0.15, -0.1) is 0 Å².